The molecule has 0 aromatic carbocycles. The number of esters is 1. The minimum absolute atomic E-state index is 0.183. The van der Waals surface area contributed by atoms with E-state index in [1.54, 1.807) is 12.1 Å². The number of hydrogen-bond acceptors (Lipinski definition) is 3. The maximum Gasteiger partial charge on any atom is 0.341 e. The van der Waals surface area contributed by atoms with Crippen molar-refractivity contribution in [2.24, 2.45) is 0 Å². The van der Waals surface area contributed by atoms with Crippen LogP contribution in [0.3, 0.4) is 0 Å². The largest absolute Gasteiger partial charge is 0.465 e. The highest BCUT2D eigenvalue weighted by Crippen LogP contribution is 2.30. The van der Waals surface area contributed by atoms with Gasteiger partial charge in [0.1, 0.15) is 10.7 Å². The Kier molecular flexibility index (Phi) is 2.56. The predicted octanol–water partition coefficient (Wildman–Crippen LogP) is 2.63. The summed E-state index contributed by atoms with van der Waals surface area (Å²) in [5.74, 6) is -0.464. The van der Waals surface area contributed by atoms with E-state index in [1.165, 1.54) is 7.11 Å². The number of methoxy groups -OCH3 is 1. The van der Waals surface area contributed by atoms with Gasteiger partial charge in [-0.15, -0.1) is 0 Å². The lowest BCUT2D eigenvalue weighted by atomic mass is 10.1. The number of ether oxygens (including phenoxy) is 1. The summed E-state index contributed by atoms with van der Waals surface area (Å²) in [5.41, 5.74) is 1.72. The summed E-state index contributed by atoms with van der Waals surface area (Å²) in [7, 11) is 1.32. The van der Waals surface area contributed by atoms with Crippen molar-refractivity contribution in [3.63, 3.8) is 0 Å². The first kappa shape index (κ1) is 9.93. The summed E-state index contributed by atoms with van der Waals surface area (Å²) in [4.78, 5) is 15.6. The third kappa shape index (κ3) is 1.66. The zero-order valence-electron chi connectivity index (χ0n) is 8.03. The van der Waals surface area contributed by atoms with Gasteiger partial charge in [-0.25, -0.2) is 9.78 Å². The fraction of sp³-hybridized carbons (Fsp3) is 0.0909. The molecule has 0 fully saturated rings. The number of carbonyl (C=O) groups is 1. The van der Waals surface area contributed by atoms with Gasteiger partial charge >= 0.3 is 5.97 Å². The predicted molar refractivity (Wildman–Crippen MR) is 57.2 cm³/mol. The quantitative estimate of drug-likeness (QED) is 0.695. The van der Waals surface area contributed by atoms with E-state index in [0.717, 1.165) is 0 Å². The van der Waals surface area contributed by atoms with Gasteiger partial charge in [0.15, 0.2) is 0 Å². The molecule has 0 radical (unpaired) electrons. The SMILES string of the molecule is COC(=O)c1c2cccccc-2nc1Cl. The number of nitrogens with zero attached hydrogens (tertiary/aromatic N) is 1. The van der Waals surface area contributed by atoms with Crippen LogP contribution in [0.1, 0.15) is 10.4 Å². The summed E-state index contributed by atoms with van der Waals surface area (Å²) in [5, 5.41) is 0.183. The Bertz CT molecular complexity index is 484. The second-order valence-corrected chi connectivity index (χ2v) is 3.34. The van der Waals surface area contributed by atoms with Gasteiger partial charge in [-0.05, 0) is 6.07 Å². The molecule has 1 aliphatic heterocycles. The maximum atomic E-state index is 11.5. The molecule has 0 saturated carbocycles. The van der Waals surface area contributed by atoms with Crippen LogP contribution in [0.15, 0.2) is 30.3 Å². The van der Waals surface area contributed by atoms with Crippen molar-refractivity contribution in [2.45, 2.75) is 0 Å². The number of rotatable bonds is 1. The van der Waals surface area contributed by atoms with Crippen LogP contribution >= 0.6 is 11.6 Å². The molecule has 0 saturated heterocycles. The smallest absolute Gasteiger partial charge is 0.341 e. The van der Waals surface area contributed by atoms with Crippen LogP contribution in [0.2, 0.25) is 5.15 Å². The summed E-state index contributed by atoms with van der Waals surface area (Å²) in [6, 6.07) is 9.12. The van der Waals surface area contributed by atoms with Crippen LogP contribution in [-0.4, -0.2) is 18.1 Å². The van der Waals surface area contributed by atoms with Crippen LogP contribution in [0.25, 0.3) is 11.3 Å². The van der Waals surface area contributed by atoms with Crippen molar-refractivity contribution >= 4 is 17.6 Å². The van der Waals surface area contributed by atoms with Gasteiger partial charge in [0.25, 0.3) is 0 Å². The fourth-order valence-electron chi connectivity index (χ4n) is 1.42. The molecule has 2 aliphatic rings. The van der Waals surface area contributed by atoms with Crippen molar-refractivity contribution in [3.8, 4) is 11.3 Å². The van der Waals surface area contributed by atoms with E-state index in [1.807, 2.05) is 18.2 Å². The number of fused-ring (bicyclic) bond motifs is 1. The van der Waals surface area contributed by atoms with Crippen molar-refractivity contribution in [3.05, 3.63) is 41.0 Å². The first-order valence-electron chi connectivity index (χ1n) is 4.36. The van der Waals surface area contributed by atoms with E-state index in [0.29, 0.717) is 16.8 Å². The Balaban J connectivity index is 2.68. The van der Waals surface area contributed by atoms with Gasteiger partial charge in [-0.1, -0.05) is 35.9 Å². The molecule has 0 bridgehead atoms. The first-order chi connectivity index (χ1) is 7.24. The van der Waals surface area contributed by atoms with Crippen LogP contribution in [0.5, 0.6) is 0 Å². The average Bonchev–Trinajstić information content (AvgIpc) is 2.40. The van der Waals surface area contributed by atoms with Crippen molar-refractivity contribution in [1.82, 2.24) is 4.98 Å². The van der Waals surface area contributed by atoms with E-state index in [-0.39, 0.29) is 5.15 Å². The van der Waals surface area contributed by atoms with Crippen LogP contribution < -0.4 is 0 Å². The van der Waals surface area contributed by atoms with E-state index in [4.69, 9.17) is 11.6 Å². The molecule has 0 aromatic heterocycles. The Hall–Kier alpha value is -1.61. The van der Waals surface area contributed by atoms with Gasteiger partial charge in [-0.2, -0.15) is 0 Å². The monoisotopic (exact) mass is 221 g/mol. The molecule has 0 atom stereocenters. The van der Waals surface area contributed by atoms with E-state index in [9.17, 15) is 4.79 Å². The van der Waals surface area contributed by atoms with Crippen LogP contribution in [0.4, 0.5) is 0 Å². The van der Waals surface area contributed by atoms with Crippen LogP contribution in [0, 0.1) is 0 Å². The zero-order chi connectivity index (χ0) is 10.8. The molecule has 0 amide bonds. The van der Waals surface area contributed by atoms with E-state index < -0.39 is 5.97 Å². The molecule has 1 heterocycles. The first-order valence-corrected chi connectivity index (χ1v) is 4.74. The Labute approximate surface area is 92.0 Å². The molecule has 3 nitrogen and oxygen atoms in total. The minimum atomic E-state index is -0.464. The molecule has 1 aliphatic carbocycles. The fourth-order valence-corrected chi connectivity index (χ4v) is 1.69. The van der Waals surface area contributed by atoms with Crippen molar-refractivity contribution < 1.29 is 9.53 Å². The molecule has 0 unspecified atom stereocenters. The molecule has 4 heteroatoms. The summed E-state index contributed by atoms with van der Waals surface area (Å²) < 4.78 is 4.65. The lowest BCUT2D eigenvalue weighted by Crippen LogP contribution is -2.01. The lowest BCUT2D eigenvalue weighted by molar-refractivity contribution is 0.0602. The average molecular weight is 222 g/mol. The topological polar surface area (TPSA) is 39.2 Å². The third-order valence-corrected chi connectivity index (χ3v) is 2.37. The highest BCUT2D eigenvalue weighted by molar-refractivity contribution is 6.33. The molecular weight excluding hydrogens is 214 g/mol. The summed E-state index contributed by atoms with van der Waals surface area (Å²) in [6.07, 6.45) is 0. The molecule has 76 valence electrons. The Morgan fingerprint density at radius 3 is 2.80 bits per heavy atom. The van der Waals surface area contributed by atoms with Gasteiger partial charge in [0.2, 0.25) is 0 Å². The molecule has 0 spiro atoms. The van der Waals surface area contributed by atoms with E-state index in [2.05, 4.69) is 9.72 Å². The minimum Gasteiger partial charge on any atom is -0.465 e. The highest BCUT2D eigenvalue weighted by Gasteiger charge is 2.21. The number of hydrogen-bond donors (Lipinski definition) is 0. The lowest BCUT2D eigenvalue weighted by Gasteiger charge is -1.97. The van der Waals surface area contributed by atoms with Gasteiger partial charge in [0, 0.05) is 5.56 Å². The van der Waals surface area contributed by atoms with Gasteiger partial charge in [-0.3, -0.25) is 0 Å². The molecule has 15 heavy (non-hydrogen) atoms. The molecular formula is C11H8ClNO2. The summed E-state index contributed by atoms with van der Waals surface area (Å²) >= 11 is 5.87. The molecule has 0 aromatic rings. The standard InChI is InChI=1S/C11H8ClNO2/c1-15-11(14)9-7-5-3-2-4-6-8(7)13-10(9)12/h2-6H,1H3. The van der Waals surface area contributed by atoms with Crippen LogP contribution in [-0.2, 0) is 4.74 Å². The molecule has 0 N–H and O–H groups in total. The highest BCUT2D eigenvalue weighted by atomic mass is 35.5. The van der Waals surface area contributed by atoms with Crippen molar-refractivity contribution in [1.29, 1.82) is 0 Å². The van der Waals surface area contributed by atoms with E-state index >= 15 is 0 Å². The number of carbonyl (C=O) groups excluding carboxylic acids is 1. The zero-order valence-corrected chi connectivity index (χ0v) is 8.78. The third-order valence-electron chi connectivity index (χ3n) is 2.10. The van der Waals surface area contributed by atoms with Crippen molar-refractivity contribution in [2.75, 3.05) is 7.11 Å². The van der Waals surface area contributed by atoms with Gasteiger partial charge in [0.05, 0.1) is 12.8 Å². The maximum absolute atomic E-state index is 11.5. The second-order valence-electron chi connectivity index (χ2n) is 2.98. The number of aromatic nitrogens is 1. The van der Waals surface area contributed by atoms with Gasteiger partial charge < -0.3 is 4.74 Å². The summed E-state index contributed by atoms with van der Waals surface area (Å²) in [6.45, 7) is 0. The molecule has 2 rings (SSSR count). The second kappa shape index (κ2) is 3.87. The number of halogens is 1. The normalized spacial score (nSPS) is 10.3. The Morgan fingerprint density at radius 1 is 1.33 bits per heavy atom. The Morgan fingerprint density at radius 2 is 2.07 bits per heavy atom.